The minimum Gasteiger partial charge on any atom is -0.294 e. The minimum atomic E-state index is -1.02. The third-order valence-electron chi connectivity index (χ3n) is 3.76. The van der Waals surface area contributed by atoms with Gasteiger partial charge in [0.05, 0.1) is 5.02 Å². The summed E-state index contributed by atoms with van der Waals surface area (Å²) < 4.78 is 26.1. The van der Waals surface area contributed by atoms with Gasteiger partial charge in [-0.3, -0.25) is 4.79 Å². The lowest BCUT2D eigenvalue weighted by atomic mass is 9.92. The first-order valence-corrected chi connectivity index (χ1v) is 7.13. The summed E-state index contributed by atoms with van der Waals surface area (Å²) >= 11 is 5.82. The van der Waals surface area contributed by atoms with E-state index in [0.717, 1.165) is 37.8 Å². The fourth-order valence-electron chi connectivity index (χ4n) is 2.68. The Morgan fingerprint density at radius 2 is 1.68 bits per heavy atom. The SMILES string of the molecule is O=C(CC1CCCCCC1)c1cc(F)c(F)cc1Cl. The van der Waals surface area contributed by atoms with Crippen molar-refractivity contribution in [2.75, 3.05) is 0 Å². The van der Waals surface area contributed by atoms with E-state index in [2.05, 4.69) is 0 Å². The fourth-order valence-corrected chi connectivity index (χ4v) is 2.93. The first kappa shape index (κ1) is 14.4. The molecule has 0 unspecified atom stereocenters. The molecule has 4 heteroatoms. The van der Waals surface area contributed by atoms with Gasteiger partial charge in [0, 0.05) is 12.0 Å². The molecule has 1 nitrogen and oxygen atoms in total. The summed E-state index contributed by atoms with van der Waals surface area (Å²) in [4.78, 5) is 12.1. The van der Waals surface area contributed by atoms with Gasteiger partial charge in [-0.05, 0) is 18.1 Å². The predicted octanol–water partition coefficient (Wildman–Crippen LogP) is 5.16. The van der Waals surface area contributed by atoms with Crippen LogP contribution < -0.4 is 0 Å². The molecule has 0 spiro atoms. The van der Waals surface area contributed by atoms with Crippen molar-refractivity contribution in [3.05, 3.63) is 34.4 Å². The summed E-state index contributed by atoms with van der Waals surface area (Å²) in [6, 6.07) is 1.79. The first-order chi connectivity index (χ1) is 9.08. The summed E-state index contributed by atoms with van der Waals surface area (Å²) in [5.74, 6) is -1.88. The molecule has 0 heterocycles. The number of carbonyl (C=O) groups is 1. The average Bonchev–Trinajstić information content (AvgIpc) is 2.62. The standard InChI is InChI=1S/C15H17ClF2O/c16-12-9-14(18)13(17)8-11(12)15(19)7-10-5-3-1-2-4-6-10/h8-10H,1-7H2. The van der Waals surface area contributed by atoms with Gasteiger partial charge in [-0.15, -0.1) is 0 Å². The number of hydrogen-bond donors (Lipinski definition) is 0. The van der Waals surface area contributed by atoms with Gasteiger partial charge in [0.2, 0.25) is 0 Å². The van der Waals surface area contributed by atoms with Crippen LogP contribution in [0, 0.1) is 17.6 Å². The first-order valence-electron chi connectivity index (χ1n) is 6.75. The van der Waals surface area contributed by atoms with Crippen LogP contribution in [-0.4, -0.2) is 5.78 Å². The Balaban J connectivity index is 2.08. The highest BCUT2D eigenvalue weighted by molar-refractivity contribution is 6.34. The summed E-state index contributed by atoms with van der Waals surface area (Å²) in [5.41, 5.74) is 0.102. The highest BCUT2D eigenvalue weighted by atomic mass is 35.5. The second-order valence-corrected chi connectivity index (χ2v) is 5.64. The van der Waals surface area contributed by atoms with E-state index >= 15 is 0 Å². The van der Waals surface area contributed by atoms with E-state index in [0.29, 0.717) is 12.3 Å². The molecule has 104 valence electrons. The lowest BCUT2D eigenvalue weighted by Gasteiger charge is -2.13. The van der Waals surface area contributed by atoms with E-state index in [1.807, 2.05) is 0 Å². The number of benzene rings is 1. The molecule has 1 aliphatic carbocycles. The molecule has 0 radical (unpaired) electrons. The molecular weight excluding hydrogens is 270 g/mol. The zero-order valence-electron chi connectivity index (χ0n) is 10.7. The molecule has 2 rings (SSSR count). The van der Waals surface area contributed by atoms with Crippen LogP contribution in [0.15, 0.2) is 12.1 Å². The normalized spacial score (nSPS) is 17.2. The minimum absolute atomic E-state index is 0.00229. The van der Waals surface area contributed by atoms with E-state index in [1.165, 1.54) is 12.8 Å². The highest BCUT2D eigenvalue weighted by Gasteiger charge is 2.20. The number of rotatable bonds is 3. The fraction of sp³-hybridized carbons (Fsp3) is 0.533. The maximum Gasteiger partial charge on any atom is 0.164 e. The van der Waals surface area contributed by atoms with Crippen molar-refractivity contribution in [2.45, 2.75) is 44.9 Å². The predicted molar refractivity (Wildman–Crippen MR) is 71.5 cm³/mol. The van der Waals surface area contributed by atoms with Gasteiger partial charge >= 0.3 is 0 Å². The lowest BCUT2D eigenvalue weighted by molar-refractivity contribution is 0.0956. The second-order valence-electron chi connectivity index (χ2n) is 5.23. The maximum atomic E-state index is 13.2. The van der Waals surface area contributed by atoms with Crippen molar-refractivity contribution in [1.29, 1.82) is 0 Å². The molecule has 1 aromatic rings. The van der Waals surface area contributed by atoms with Crippen molar-refractivity contribution in [2.24, 2.45) is 5.92 Å². The number of carbonyl (C=O) groups excluding carboxylic acids is 1. The van der Waals surface area contributed by atoms with Crippen molar-refractivity contribution in [3.8, 4) is 0 Å². The van der Waals surface area contributed by atoms with E-state index in [9.17, 15) is 13.6 Å². The molecule has 0 bridgehead atoms. The van der Waals surface area contributed by atoms with Crippen LogP contribution in [0.1, 0.15) is 55.3 Å². The number of halogens is 3. The number of hydrogen-bond acceptors (Lipinski definition) is 1. The van der Waals surface area contributed by atoms with Gasteiger partial charge in [0.15, 0.2) is 17.4 Å². The molecule has 19 heavy (non-hydrogen) atoms. The molecule has 0 amide bonds. The van der Waals surface area contributed by atoms with Crippen molar-refractivity contribution in [3.63, 3.8) is 0 Å². The van der Waals surface area contributed by atoms with Crippen LogP contribution in [0.2, 0.25) is 5.02 Å². The van der Waals surface area contributed by atoms with Crippen molar-refractivity contribution in [1.82, 2.24) is 0 Å². The quantitative estimate of drug-likeness (QED) is 0.426. The molecule has 1 fully saturated rings. The highest BCUT2D eigenvalue weighted by Crippen LogP contribution is 2.28. The molecule has 0 N–H and O–H groups in total. The molecule has 1 aliphatic rings. The van der Waals surface area contributed by atoms with Crippen molar-refractivity contribution < 1.29 is 13.6 Å². The molecular formula is C15H17ClF2O. The number of ketones is 1. The average molecular weight is 287 g/mol. The van der Waals surface area contributed by atoms with E-state index in [1.54, 1.807) is 0 Å². The van der Waals surface area contributed by atoms with E-state index < -0.39 is 11.6 Å². The Morgan fingerprint density at radius 1 is 1.11 bits per heavy atom. The van der Waals surface area contributed by atoms with Gasteiger partial charge in [-0.1, -0.05) is 50.1 Å². The number of Topliss-reactive ketones (excluding diaryl/α,β-unsaturated/α-hetero) is 1. The molecule has 0 saturated heterocycles. The van der Waals surface area contributed by atoms with Crippen LogP contribution in [0.25, 0.3) is 0 Å². The summed E-state index contributed by atoms with van der Waals surface area (Å²) in [6.45, 7) is 0. The largest absolute Gasteiger partial charge is 0.294 e. The Hall–Kier alpha value is -0.960. The molecule has 0 atom stereocenters. The molecule has 0 aromatic heterocycles. The van der Waals surface area contributed by atoms with Crippen LogP contribution in [0.4, 0.5) is 8.78 Å². The molecule has 1 aromatic carbocycles. The second kappa shape index (κ2) is 6.47. The third kappa shape index (κ3) is 3.75. The topological polar surface area (TPSA) is 17.1 Å². The monoisotopic (exact) mass is 286 g/mol. The lowest BCUT2D eigenvalue weighted by Crippen LogP contribution is -2.09. The summed E-state index contributed by atoms with van der Waals surface area (Å²) in [7, 11) is 0. The third-order valence-corrected chi connectivity index (χ3v) is 4.07. The van der Waals surface area contributed by atoms with Gasteiger partial charge in [0.1, 0.15) is 0 Å². The van der Waals surface area contributed by atoms with Gasteiger partial charge in [-0.25, -0.2) is 8.78 Å². The maximum absolute atomic E-state index is 13.2. The van der Waals surface area contributed by atoms with Crippen LogP contribution in [0.3, 0.4) is 0 Å². The Kier molecular flexibility index (Phi) is 4.92. The van der Waals surface area contributed by atoms with Gasteiger partial charge < -0.3 is 0 Å². The van der Waals surface area contributed by atoms with E-state index in [4.69, 9.17) is 11.6 Å². The molecule has 1 saturated carbocycles. The van der Waals surface area contributed by atoms with Crippen LogP contribution in [0.5, 0.6) is 0 Å². The van der Waals surface area contributed by atoms with Crippen LogP contribution >= 0.6 is 11.6 Å². The molecule has 0 aliphatic heterocycles. The Morgan fingerprint density at radius 3 is 2.32 bits per heavy atom. The van der Waals surface area contributed by atoms with Gasteiger partial charge in [0.25, 0.3) is 0 Å². The van der Waals surface area contributed by atoms with Crippen molar-refractivity contribution >= 4 is 17.4 Å². The summed E-state index contributed by atoms with van der Waals surface area (Å²) in [6.07, 6.45) is 7.17. The van der Waals surface area contributed by atoms with Gasteiger partial charge in [-0.2, -0.15) is 0 Å². The Bertz CT molecular complexity index is 465. The zero-order chi connectivity index (χ0) is 13.8. The zero-order valence-corrected chi connectivity index (χ0v) is 11.5. The summed E-state index contributed by atoms with van der Waals surface area (Å²) in [5, 5.41) is -0.00229. The Labute approximate surface area is 117 Å². The smallest absolute Gasteiger partial charge is 0.164 e. The van der Waals surface area contributed by atoms with Crippen LogP contribution in [-0.2, 0) is 0 Å². The van der Waals surface area contributed by atoms with E-state index in [-0.39, 0.29) is 16.4 Å².